The van der Waals surface area contributed by atoms with Gasteiger partial charge in [0.1, 0.15) is 17.4 Å². The van der Waals surface area contributed by atoms with Crippen molar-refractivity contribution in [3.8, 4) is 11.4 Å². The molecule has 0 aliphatic carbocycles. The van der Waals surface area contributed by atoms with Crippen molar-refractivity contribution < 1.29 is 9.90 Å². The van der Waals surface area contributed by atoms with E-state index >= 15 is 0 Å². The van der Waals surface area contributed by atoms with Crippen LogP contribution in [-0.2, 0) is 4.79 Å². The van der Waals surface area contributed by atoms with Crippen LogP contribution in [0.2, 0.25) is 5.02 Å². The number of aryl methyl sites for hydroxylation is 1. The van der Waals surface area contributed by atoms with Crippen molar-refractivity contribution in [3.05, 3.63) is 47.1 Å². The Hall–Kier alpha value is -2.40. The third kappa shape index (κ3) is 2.80. The minimum atomic E-state index is -0.905. The van der Waals surface area contributed by atoms with Crippen LogP contribution in [0.15, 0.2) is 36.5 Å². The summed E-state index contributed by atoms with van der Waals surface area (Å²) >= 11 is 6.08. The second-order valence-corrected chi connectivity index (χ2v) is 5.87. The molecule has 0 aliphatic rings. The maximum atomic E-state index is 11.7. The number of pyridine rings is 1. The minimum absolute atomic E-state index is 0.434. The number of nitrogens with zero attached hydrogens (tertiary/aromatic N) is 3. The first-order valence-corrected chi connectivity index (χ1v) is 7.72. The summed E-state index contributed by atoms with van der Waals surface area (Å²) < 4.78 is 1.68. The first-order chi connectivity index (χ1) is 11.0. The second kappa shape index (κ2) is 6.01. The van der Waals surface area contributed by atoms with Crippen LogP contribution in [-0.4, -0.2) is 25.6 Å². The number of aliphatic carboxylic acids is 1. The number of hydrogen-bond acceptors (Lipinski definition) is 3. The van der Waals surface area contributed by atoms with E-state index in [1.54, 1.807) is 22.9 Å². The van der Waals surface area contributed by atoms with Crippen LogP contribution in [0.25, 0.3) is 22.6 Å². The number of carboxylic acids is 1. The van der Waals surface area contributed by atoms with Crippen molar-refractivity contribution in [3.63, 3.8) is 0 Å². The molecule has 23 heavy (non-hydrogen) atoms. The highest BCUT2D eigenvalue weighted by atomic mass is 35.5. The van der Waals surface area contributed by atoms with E-state index in [4.69, 9.17) is 11.6 Å². The summed E-state index contributed by atoms with van der Waals surface area (Å²) in [6.45, 7) is 3.76. The summed E-state index contributed by atoms with van der Waals surface area (Å²) in [4.78, 5) is 20.7. The Balaban J connectivity index is 2.33. The van der Waals surface area contributed by atoms with E-state index in [1.165, 1.54) is 0 Å². The molecule has 2 heterocycles. The summed E-state index contributed by atoms with van der Waals surface area (Å²) in [7, 11) is 0. The summed E-state index contributed by atoms with van der Waals surface area (Å²) in [6.07, 6.45) is 2.15. The van der Waals surface area contributed by atoms with Gasteiger partial charge in [-0.15, -0.1) is 0 Å². The Bertz CT molecular complexity index is 889. The zero-order valence-corrected chi connectivity index (χ0v) is 13.6. The zero-order valence-electron chi connectivity index (χ0n) is 12.8. The van der Waals surface area contributed by atoms with Crippen LogP contribution in [0.3, 0.4) is 0 Å². The van der Waals surface area contributed by atoms with Crippen LogP contribution >= 0.6 is 11.6 Å². The molecule has 3 aromatic rings. The Labute approximate surface area is 138 Å². The van der Waals surface area contributed by atoms with Crippen LogP contribution in [0.4, 0.5) is 0 Å². The van der Waals surface area contributed by atoms with Crippen LogP contribution in [0, 0.1) is 6.92 Å². The van der Waals surface area contributed by atoms with Gasteiger partial charge < -0.3 is 5.11 Å². The lowest BCUT2D eigenvalue weighted by atomic mass is 10.1. The van der Waals surface area contributed by atoms with Gasteiger partial charge in [0, 0.05) is 16.8 Å². The predicted octanol–water partition coefficient (Wildman–Crippen LogP) is 4.10. The first-order valence-electron chi connectivity index (χ1n) is 7.34. The van der Waals surface area contributed by atoms with Crippen molar-refractivity contribution in [1.29, 1.82) is 0 Å². The van der Waals surface area contributed by atoms with E-state index in [2.05, 4.69) is 9.97 Å². The fourth-order valence-corrected chi connectivity index (χ4v) is 2.87. The number of imidazole rings is 1. The number of rotatable bonds is 4. The summed E-state index contributed by atoms with van der Waals surface area (Å²) in [5, 5.41) is 10.2. The van der Waals surface area contributed by atoms with Gasteiger partial charge in [0.15, 0.2) is 5.65 Å². The molecule has 1 atom stereocenters. The molecule has 0 fully saturated rings. The standard InChI is InChI=1S/C17H16ClN3O2/c1-3-14(17(22)23)21-15(11-5-4-6-12(18)8-11)20-13-7-10(2)9-19-16(13)21/h4-9,14H,3H2,1-2H3,(H,22,23). The number of fused-ring (bicyclic) bond motifs is 1. The second-order valence-electron chi connectivity index (χ2n) is 5.43. The van der Waals surface area contributed by atoms with Crippen LogP contribution in [0.1, 0.15) is 24.9 Å². The quantitative estimate of drug-likeness (QED) is 0.782. The lowest BCUT2D eigenvalue weighted by Crippen LogP contribution is -2.19. The Morgan fingerprint density at radius 3 is 2.83 bits per heavy atom. The lowest BCUT2D eigenvalue weighted by Gasteiger charge is -2.16. The number of carbonyl (C=O) groups is 1. The van der Waals surface area contributed by atoms with Gasteiger partial charge in [-0.2, -0.15) is 0 Å². The number of carboxylic acid groups (broad SMARTS) is 1. The van der Waals surface area contributed by atoms with Gasteiger partial charge in [-0.25, -0.2) is 14.8 Å². The summed E-state index contributed by atoms with van der Waals surface area (Å²) in [5.41, 5.74) is 3.00. The fourth-order valence-electron chi connectivity index (χ4n) is 2.68. The molecule has 1 aromatic carbocycles. The van der Waals surface area contributed by atoms with Crippen LogP contribution < -0.4 is 0 Å². The Morgan fingerprint density at radius 2 is 2.17 bits per heavy atom. The average molecular weight is 330 g/mol. The topological polar surface area (TPSA) is 68.0 Å². The first kappa shape index (κ1) is 15.5. The third-order valence-corrected chi connectivity index (χ3v) is 3.97. The molecule has 1 N–H and O–H groups in total. The minimum Gasteiger partial charge on any atom is -0.480 e. The molecule has 0 bridgehead atoms. The van der Waals surface area contributed by atoms with Crippen molar-refractivity contribution in [2.24, 2.45) is 0 Å². The molecule has 2 aromatic heterocycles. The number of benzene rings is 1. The highest BCUT2D eigenvalue weighted by Crippen LogP contribution is 2.30. The van der Waals surface area contributed by atoms with E-state index in [9.17, 15) is 9.90 Å². The van der Waals surface area contributed by atoms with Gasteiger partial charge in [-0.05, 0) is 37.1 Å². The molecule has 0 spiro atoms. The normalized spacial score (nSPS) is 12.5. The van der Waals surface area contributed by atoms with Crippen molar-refractivity contribution in [1.82, 2.24) is 14.5 Å². The van der Waals surface area contributed by atoms with Crippen molar-refractivity contribution in [2.45, 2.75) is 26.3 Å². The smallest absolute Gasteiger partial charge is 0.326 e. The SMILES string of the molecule is CCC(C(=O)O)n1c(-c2cccc(Cl)c2)nc2cc(C)cnc21. The van der Waals surface area contributed by atoms with Gasteiger partial charge >= 0.3 is 5.97 Å². The molecule has 0 saturated carbocycles. The summed E-state index contributed by atoms with van der Waals surface area (Å²) in [6, 6.07) is 8.41. The lowest BCUT2D eigenvalue weighted by molar-refractivity contribution is -0.140. The Morgan fingerprint density at radius 1 is 1.39 bits per heavy atom. The molecule has 1 unspecified atom stereocenters. The molecule has 0 aliphatic heterocycles. The van der Waals surface area contributed by atoms with Gasteiger partial charge in [0.25, 0.3) is 0 Å². The highest BCUT2D eigenvalue weighted by Gasteiger charge is 2.25. The number of aromatic nitrogens is 3. The molecule has 0 saturated heterocycles. The van der Waals surface area contributed by atoms with E-state index < -0.39 is 12.0 Å². The maximum Gasteiger partial charge on any atom is 0.326 e. The molecule has 0 amide bonds. The third-order valence-electron chi connectivity index (χ3n) is 3.73. The molecule has 5 nitrogen and oxygen atoms in total. The largest absolute Gasteiger partial charge is 0.480 e. The van der Waals surface area contributed by atoms with Gasteiger partial charge in [-0.1, -0.05) is 30.7 Å². The van der Waals surface area contributed by atoms with Gasteiger partial charge in [-0.3, -0.25) is 4.57 Å². The van der Waals surface area contributed by atoms with Crippen LogP contribution in [0.5, 0.6) is 0 Å². The molecule has 3 rings (SSSR count). The van der Waals surface area contributed by atoms with E-state index in [0.717, 1.165) is 11.1 Å². The molecular formula is C17H16ClN3O2. The molecule has 6 heteroatoms. The Kier molecular flexibility index (Phi) is 4.05. The van der Waals surface area contributed by atoms with Crippen molar-refractivity contribution >= 4 is 28.7 Å². The maximum absolute atomic E-state index is 11.7. The number of halogens is 1. The van der Waals surface area contributed by atoms with E-state index in [1.807, 2.05) is 32.0 Å². The number of hydrogen-bond donors (Lipinski definition) is 1. The molecular weight excluding hydrogens is 314 g/mol. The molecule has 0 radical (unpaired) electrons. The fraction of sp³-hybridized carbons (Fsp3) is 0.235. The predicted molar refractivity (Wildman–Crippen MR) is 89.7 cm³/mol. The average Bonchev–Trinajstić information content (AvgIpc) is 2.86. The zero-order chi connectivity index (χ0) is 16.6. The van der Waals surface area contributed by atoms with Gasteiger partial charge in [0.2, 0.25) is 0 Å². The van der Waals surface area contributed by atoms with E-state index in [-0.39, 0.29) is 0 Å². The summed E-state index contributed by atoms with van der Waals surface area (Å²) in [5.74, 6) is -0.340. The van der Waals surface area contributed by atoms with Crippen molar-refractivity contribution in [2.75, 3.05) is 0 Å². The van der Waals surface area contributed by atoms with Gasteiger partial charge in [0.05, 0.1) is 0 Å². The molecule has 118 valence electrons. The highest BCUT2D eigenvalue weighted by molar-refractivity contribution is 6.30. The monoisotopic (exact) mass is 329 g/mol. The van der Waals surface area contributed by atoms with E-state index in [0.29, 0.717) is 28.4 Å².